The average molecular weight is 904 g/mol. The lowest BCUT2D eigenvalue weighted by Gasteiger charge is -2.24. The summed E-state index contributed by atoms with van der Waals surface area (Å²) in [5.41, 5.74) is 18.6. The van der Waals surface area contributed by atoms with Crippen LogP contribution in [0.3, 0.4) is 0 Å². The van der Waals surface area contributed by atoms with Gasteiger partial charge >= 0.3 is 5.97 Å². The average Bonchev–Trinajstić information content (AvgIpc) is 4.20. The van der Waals surface area contributed by atoms with Crippen molar-refractivity contribution in [3.8, 4) is 45.0 Å². The Morgan fingerprint density at radius 3 is 1.66 bits per heavy atom. The highest BCUT2D eigenvalue weighted by Crippen LogP contribution is 2.47. The Labute approximate surface area is 392 Å². The SMILES string of the molecule is COCc1ccc(CNC(=O)c2cccc(-c3cc4c(cn3)CCc3c-4[nH]c4c3C(=O)NC3(CC3)C4)c2)cc1.O=C(O)c1cccc(-c2cc3c(cn2)CCc2c-3[nH]c3c2C(=O)NC2(CC2)C3)c1. The number of carbonyl (C=O) groups is 4. The number of aryl methyl sites for hydroxylation is 2. The quantitative estimate of drug-likeness (QED) is 0.0882. The molecule has 0 unspecified atom stereocenters. The molecule has 2 saturated carbocycles. The van der Waals surface area contributed by atoms with Crippen molar-refractivity contribution in [1.82, 2.24) is 35.9 Å². The zero-order chi connectivity index (χ0) is 46.3. The topological polar surface area (TPSA) is 191 Å². The number of aromatic carboxylic acids is 1. The minimum Gasteiger partial charge on any atom is -0.478 e. The summed E-state index contributed by atoms with van der Waals surface area (Å²) in [7, 11) is 1.68. The van der Waals surface area contributed by atoms with Gasteiger partial charge in [-0.2, -0.15) is 0 Å². The Kier molecular flexibility index (Phi) is 9.84. The summed E-state index contributed by atoms with van der Waals surface area (Å²) in [6, 6.07) is 26.5. The lowest BCUT2D eigenvalue weighted by molar-refractivity contribution is 0.0695. The first-order valence-corrected chi connectivity index (χ1v) is 23.5. The van der Waals surface area contributed by atoms with Crippen LogP contribution in [0, 0.1) is 0 Å². The molecule has 68 heavy (non-hydrogen) atoms. The van der Waals surface area contributed by atoms with Crippen LogP contribution in [0.15, 0.2) is 97.3 Å². The van der Waals surface area contributed by atoms with E-state index in [1.807, 2.05) is 73.1 Å². The van der Waals surface area contributed by atoms with Crippen LogP contribution >= 0.6 is 0 Å². The van der Waals surface area contributed by atoms with Crippen LogP contribution < -0.4 is 16.0 Å². The molecule has 6 N–H and O–H groups in total. The standard InChI is InChI=1S/C32H30N4O3.C23H19N3O3/c1-39-18-20-7-5-19(6-8-20)16-34-30(37)22-4-2-3-21(13-22)26-14-25-23(17-33-26)9-10-24-28-27(35-29(24)25)15-32(11-12-32)36-31(28)38;27-21-19-15-5-4-14-11-24-17(12-2-1-3-13(8-12)22(28)29)9-16(14)20(15)25-18(19)10-23(26-21)6-7-23/h2-8,13-14,17,35H,9-12,15-16,18H2,1H3,(H,34,37)(H,36,38);1-3,8-9,11,25H,4-7,10H2,(H,26,27)(H,28,29). The number of nitrogens with zero attached hydrogens (tertiary/aromatic N) is 2. The van der Waals surface area contributed by atoms with Crippen molar-refractivity contribution in [2.75, 3.05) is 7.11 Å². The number of hydrogen-bond donors (Lipinski definition) is 6. The highest BCUT2D eigenvalue weighted by atomic mass is 16.5. The van der Waals surface area contributed by atoms with E-state index >= 15 is 0 Å². The Morgan fingerprint density at radius 2 is 1.16 bits per heavy atom. The predicted octanol–water partition coefficient (Wildman–Crippen LogP) is 8.10. The number of methoxy groups -OCH3 is 1. The van der Waals surface area contributed by atoms with Crippen LogP contribution in [0.1, 0.15) is 112 Å². The summed E-state index contributed by atoms with van der Waals surface area (Å²) in [5, 5.41) is 18.8. The van der Waals surface area contributed by atoms with Gasteiger partial charge in [0, 0.05) is 89.2 Å². The van der Waals surface area contributed by atoms with Crippen LogP contribution in [0.25, 0.3) is 45.0 Å². The molecule has 13 heteroatoms. The summed E-state index contributed by atoms with van der Waals surface area (Å²) < 4.78 is 5.16. The van der Waals surface area contributed by atoms with Gasteiger partial charge in [-0.1, -0.05) is 48.5 Å². The number of amides is 3. The summed E-state index contributed by atoms with van der Waals surface area (Å²) in [6.07, 6.45) is 13.1. The first-order valence-electron chi connectivity index (χ1n) is 23.5. The van der Waals surface area contributed by atoms with Crippen molar-refractivity contribution in [3.05, 3.63) is 164 Å². The molecule has 3 aromatic carbocycles. The number of carboxylic acids is 1. The van der Waals surface area contributed by atoms with Crippen molar-refractivity contribution < 1.29 is 29.0 Å². The van der Waals surface area contributed by atoms with Gasteiger partial charge in [-0.25, -0.2) is 4.79 Å². The summed E-state index contributed by atoms with van der Waals surface area (Å²) >= 11 is 0. The molecule has 7 aromatic rings. The number of ether oxygens (including phenoxy) is 1. The Hall–Kier alpha value is -7.64. The van der Waals surface area contributed by atoms with Crippen LogP contribution in [0.2, 0.25) is 0 Å². The number of hydrogen-bond acceptors (Lipinski definition) is 7. The molecule has 4 aliphatic carbocycles. The van der Waals surface area contributed by atoms with Crippen LogP contribution in [0.4, 0.5) is 0 Å². The third kappa shape index (κ3) is 7.47. The second kappa shape index (κ2) is 16.0. The molecule has 13 rings (SSSR count). The fraction of sp³-hybridized carbons (Fsp3) is 0.273. The number of carbonyl (C=O) groups excluding carboxylic acids is 3. The molecule has 6 aliphatic rings. The van der Waals surface area contributed by atoms with Crippen LogP contribution in [-0.4, -0.2) is 66.9 Å². The molecule has 0 radical (unpaired) electrons. The summed E-state index contributed by atoms with van der Waals surface area (Å²) in [4.78, 5) is 66.6. The van der Waals surface area contributed by atoms with E-state index in [1.165, 1.54) is 5.56 Å². The van der Waals surface area contributed by atoms with E-state index in [2.05, 4.69) is 37.0 Å². The van der Waals surface area contributed by atoms with Gasteiger partial charge in [0.05, 0.1) is 46.1 Å². The molecule has 2 spiro atoms. The van der Waals surface area contributed by atoms with E-state index in [0.717, 1.165) is 160 Å². The molecule has 13 nitrogen and oxygen atoms in total. The number of pyridine rings is 2. The molecule has 3 amide bonds. The lowest BCUT2D eigenvalue weighted by Crippen LogP contribution is -2.43. The maximum atomic E-state index is 13.0. The monoisotopic (exact) mass is 903 g/mol. The molecule has 0 bridgehead atoms. The first-order chi connectivity index (χ1) is 33.0. The first kappa shape index (κ1) is 41.8. The second-order valence-electron chi connectivity index (χ2n) is 19.3. The lowest BCUT2D eigenvalue weighted by atomic mass is 9.87. The van der Waals surface area contributed by atoms with Crippen molar-refractivity contribution in [2.24, 2.45) is 0 Å². The second-order valence-corrected chi connectivity index (χ2v) is 19.3. The Balaban J connectivity index is 0.000000147. The van der Waals surface area contributed by atoms with Crippen molar-refractivity contribution >= 4 is 23.7 Å². The van der Waals surface area contributed by atoms with Gasteiger partial charge < -0.3 is 35.8 Å². The van der Waals surface area contributed by atoms with Gasteiger partial charge in [0.15, 0.2) is 0 Å². The van der Waals surface area contributed by atoms with E-state index in [0.29, 0.717) is 18.7 Å². The number of fused-ring (bicyclic) bond motifs is 10. The van der Waals surface area contributed by atoms with E-state index < -0.39 is 5.97 Å². The molecule has 0 atom stereocenters. The number of benzene rings is 3. The number of aromatic amines is 2. The van der Waals surface area contributed by atoms with Crippen molar-refractivity contribution in [1.29, 1.82) is 0 Å². The maximum Gasteiger partial charge on any atom is 0.335 e. The van der Waals surface area contributed by atoms with E-state index in [1.54, 1.807) is 25.3 Å². The van der Waals surface area contributed by atoms with E-state index in [-0.39, 0.29) is 34.4 Å². The normalized spacial score (nSPS) is 16.9. The van der Waals surface area contributed by atoms with Crippen molar-refractivity contribution in [2.45, 2.75) is 88.4 Å². The van der Waals surface area contributed by atoms with Gasteiger partial charge in [0.1, 0.15) is 0 Å². The molecule has 6 heterocycles. The third-order valence-corrected chi connectivity index (χ3v) is 14.7. The smallest absolute Gasteiger partial charge is 0.335 e. The largest absolute Gasteiger partial charge is 0.478 e. The fourth-order valence-electron chi connectivity index (χ4n) is 10.7. The number of rotatable bonds is 8. The molecule has 0 saturated heterocycles. The number of carboxylic acid groups (broad SMARTS) is 1. The Bertz CT molecular complexity index is 3260. The minimum absolute atomic E-state index is 0.0267. The fourth-order valence-corrected chi connectivity index (χ4v) is 10.7. The molecular weight excluding hydrogens is 855 g/mol. The predicted molar refractivity (Wildman–Crippen MR) is 255 cm³/mol. The zero-order valence-corrected chi connectivity index (χ0v) is 37.6. The third-order valence-electron chi connectivity index (χ3n) is 14.7. The molecule has 4 aromatic heterocycles. The summed E-state index contributed by atoms with van der Waals surface area (Å²) in [5.74, 6) is -0.971. The van der Waals surface area contributed by atoms with E-state index in [9.17, 15) is 24.3 Å². The van der Waals surface area contributed by atoms with Gasteiger partial charge in [0.25, 0.3) is 17.7 Å². The van der Waals surface area contributed by atoms with Gasteiger partial charge in [-0.05, 0) is 121 Å². The Morgan fingerprint density at radius 1 is 0.662 bits per heavy atom. The van der Waals surface area contributed by atoms with Gasteiger partial charge in [-0.15, -0.1) is 0 Å². The molecule has 2 fully saturated rings. The molecular formula is C55H49N7O6. The van der Waals surface area contributed by atoms with Gasteiger partial charge in [-0.3, -0.25) is 24.4 Å². The van der Waals surface area contributed by atoms with Crippen molar-refractivity contribution in [3.63, 3.8) is 0 Å². The highest BCUT2D eigenvalue weighted by Gasteiger charge is 2.50. The minimum atomic E-state index is -0.954. The van der Waals surface area contributed by atoms with E-state index in [4.69, 9.17) is 9.72 Å². The van der Waals surface area contributed by atoms with Crippen LogP contribution in [-0.2, 0) is 56.4 Å². The molecule has 340 valence electrons. The maximum absolute atomic E-state index is 13.0. The van der Waals surface area contributed by atoms with Gasteiger partial charge in [0.2, 0.25) is 0 Å². The number of nitrogens with one attached hydrogen (secondary N) is 5. The number of aromatic nitrogens is 4. The number of H-pyrrole nitrogens is 2. The zero-order valence-electron chi connectivity index (χ0n) is 37.6. The van der Waals surface area contributed by atoms with Crippen LogP contribution in [0.5, 0.6) is 0 Å². The highest BCUT2D eigenvalue weighted by molar-refractivity contribution is 6.03. The summed E-state index contributed by atoms with van der Waals surface area (Å²) in [6.45, 7) is 1.02. The molecule has 2 aliphatic heterocycles.